The number of carbonyl (C=O) groups excluding carboxylic acids is 1. The van der Waals surface area contributed by atoms with Gasteiger partial charge in [0.25, 0.3) is 5.91 Å². The fourth-order valence-corrected chi connectivity index (χ4v) is 3.44. The number of halogens is 1. The summed E-state index contributed by atoms with van der Waals surface area (Å²) in [4.78, 5) is 13.5. The quantitative estimate of drug-likeness (QED) is 0.838. The summed E-state index contributed by atoms with van der Waals surface area (Å²) in [5.74, 6) is 0.925. The van der Waals surface area contributed by atoms with Gasteiger partial charge in [0.1, 0.15) is 0 Å². The van der Waals surface area contributed by atoms with Crippen LogP contribution in [-0.4, -0.2) is 30.3 Å². The Balaban J connectivity index is 2.09. The lowest BCUT2D eigenvalue weighted by Gasteiger charge is -2.28. The SMILES string of the molecule is CCSc1ccc(Cl)cc1C(=O)NC1CCNC(C)C1. The summed E-state index contributed by atoms with van der Waals surface area (Å²) in [6.07, 6.45) is 1.95. The third-order valence-corrected chi connectivity index (χ3v) is 4.64. The maximum atomic E-state index is 12.5. The molecule has 0 spiro atoms. The third-order valence-electron chi connectivity index (χ3n) is 3.44. The van der Waals surface area contributed by atoms with Crippen LogP contribution >= 0.6 is 23.4 Å². The summed E-state index contributed by atoms with van der Waals surface area (Å²) < 4.78 is 0. The van der Waals surface area contributed by atoms with Gasteiger partial charge in [-0.2, -0.15) is 0 Å². The molecule has 0 aliphatic carbocycles. The first-order chi connectivity index (χ1) is 9.60. The van der Waals surface area contributed by atoms with Crippen LogP contribution in [0, 0.1) is 0 Å². The lowest BCUT2D eigenvalue weighted by Crippen LogP contribution is -2.46. The molecule has 1 aliphatic heterocycles. The molecule has 1 heterocycles. The number of benzene rings is 1. The Morgan fingerprint density at radius 1 is 1.55 bits per heavy atom. The maximum Gasteiger partial charge on any atom is 0.252 e. The predicted octanol–water partition coefficient (Wildman–Crippen LogP) is 3.32. The van der Waals surface area contributed by atoms with Crippen molar-refractivity contribution >= 4 is 29.3 Å². The number of amides is 1. The molecule has 3 nitrogen and oxygen atoms in total. The van der Waals surface area contributed by atoms with E-state index in [9.17, 15) is 4.79 Å². The number of hydrogen-bond acceptors (Lipinski definition) is 3. The number of piperidine rings is 1. The summed E-state index contributed by atoms with van der Waals surface area (Å²) in [7, 11) is 0. The van der Waals surface area contributed by atoms with Gasteiger partial charge < -0.3 is 10.6 Å². The average Bonchev–Trinajstić information content (AvgIpc) is 2.41. The number of nitrogens with one attached hydrogen (secondary N) is 2. The van der Waals surface area contributed by atoms with Gasteiger partial charge in [-0.3, -0.25) is 4.79 Å². The Kier molecular flexibility index (Phi) is 5.75. The van der Waals surface area contributed by atoms with Crippen LogP contribution in [-0.2, 0) is 0 Å². The van der Waals surface area contributed by atoms with Crippen LogP contribution in [0.5, 0.6) is 0 Å². The van der Waals surface area contributed by atoms with Gasteiger partial charge in [-0.1, -0.05) is 18.5 Å². The van der Waals surface area contributed by atoms with Crippen LogP contribution in [0.4, 0.5) is 0 Å². The van der Waals surface area contributed by atoms with E-state index in [1.807, 2.05) is 12.1 Å². The van der Waals surface area contributed by atoms with Crippen molar-refractivity contribution in [3.05, 3.63) is 28.8 Å². The number of thioether (sulfide) groups is 1. The molecule has 1 amide bonds. The first-order valence-electron chi connectivity index (χ1n) is 7.06. The van der Waals surface area contributed by atoms with Gasteiger partial charge in [-0.05, 0) is 50.3 Å². The van der Waals surface area contributed by atoms with Crippen molar-refractivity contribution in [3.63, 3.8) is 0 Å². The van der Waals surface area contributed by atoms with E-state index in [1.165, 1.54) is 0 Å². The first kappa shape index (κ1) is 15.7. The first-order valence-corrected chi connectivity index (χ1v) is 8.43. The van der Waals surface area contributed by atoms with Crippen molar-refractivity contribution in [2.24, 2.45) is 0 Å². The Morgan fingerprint density at radius 2 is 2.35 bits per heavy atom. The molecule has 20 heavy (non-hydrogen) atoms. The van der Waals surface area contributed by atoms with E-state index >= 15 is 0 Å². The van der Waals surface area contributed by atoms with Crippen LogP contribution in [0.3, 0.4) is 0 Å². The van der Waals surface area contributed by atoms with Gasteiger partial charge in [-0.25, -0.2) is 0 Å². The van der Waals surface area contributed by atoms with Gasteiger partial charge in [0.05, 0.1) is 5.56 Å². The minimum Gasteiger partial charge on any atom is -0.349 e. The Bertz CT molecular complexity index is 481. The molecule has 2 unspecified atom stereocenters. The van der Waals surface area contributed by atoms with Gasteiger partial charge in [0.15, 0.2) is 0 Å². The molecule has 1 saturated heterocycles. The molecule has 0 radical (unpaired) electrons. The zero-order valence-corrected chi connectivity index (χ0v) is 13.5. The van der Waals surface area contributed by atoms with Crippen molar-refractivity contribution in [2.45, 2.75) is 43.7 Å². The Hall–Kier alpha value is -0.710. The molecule has 2 atom stereocenters. The monoisotopic (exact) mass is 312 g/mol. The molecule has 2 N–H and O–H groups in total. The molecule has 1 aromatic carbocycles. The van der Waals surface area contributed by atoms with E-state index < -0.39 is 0 Å². The van der Waals surface area contributed by atoms with Gasteiger partial charge in [-0.15, -0.1) is 11.8 Å². The normalized spacial score (nSPS) is 22.6. The second kappa shape index (κ2) is 7.34. The molecule has 5 heteroatoms. The molecule has 1 aromatic rings. The fourth-order valence-electron chi connectivity index (χ4n) is 2.49. The predicted molar refractivity (Wildman–Crippen MR) is 85.8 cm³/mol. The van der Waals surface area contributed by atoms with Crippen LogP contribution in [0.25, 0.3) is 0 Å². The molecule has 110 valence electrons. The van der Waals surface area contributed by atoms with Crippen molar-refractivity contribution in [1.29, 1.82) is 0 Å². The summed E-state index contributed by atoms with van der Waals surface area (Å²) in [6.45, 7) is 5.18. The zero-order valence-electron chi connectivity index (χ0n) is 11.9. The molecular weight excluding hydrogens is 292 g/mol. The van der Waals surface area contributed by atoms with Crippen LogP contribution < -0.4 is 10.6 Å². The number of rotatable bonds is 4. The average molecular weight is 313 g/mol. The highest BCUT2D eigenvalue weighted by Gasteiger charge is 2.21. The smallest absolute Gasteiger partial charge is 0.252 e. The minimum atomic E-state index is -0.0115. The van der Waals surface area contributed by atoms with Crippen molar-refractivity contribution < 1.29 is 4.79 Å². The number of hydrogen-bond donors (Lipinski definition) is 2. The van der Waals surface area contributed by atoms with E-state index in [-0.39, 0.29) is 11.9 Å². The molecule has 0 saturated carbocycles. The van der Waals surface area contributed by atoms with Crippen LogP contribution in [0.2, 0.25) is 5.02 Å². The fraction of sp³-hybridized carbons (Fsp3) is 0.533. The zero-order chi connectivity index (χ0) is 14.5. The highest BCUT2D eigenvalue weighted by molar-refractivity contribution is 7.99. The van der Waals surface area contributed by atoms with Crippen LogP contribution in [0.1, 0.15) is 37.0 Å². The van der Waals surface area contributed by atoms with Crippen molar-refractivity contribution in [3.8, 4) is 0 Å². The highest BCUT2D eigenvalue weighted by Crippen LogP contribution is 2.26. The summed E-state index contributed by atoms with van der Waals surface area (Å²) in [5, 5.41) is 7.14. The summed E-state index contributed by atoms with van der Waals surface area (Å²) in [6, 6.07) is 6.23. The van der Waals surface area contributed by atoms with E-state index in [1.54, 1.807) is 17.8 Å². The van der Waals surface area contributed by atoms with E-state index in [0.29, 0.717) is 16.6 Å². The van der Waals surface area contributed by atoms with E-state index in [2.05, 4.69) is 24.5 Å². The largest absolute Gasteiger partial charge is 0.349 e. The van der Waals surface area contributed by atoms with E-state index in [4.69, 9.17) is 11.6 Å². The van der Waals surface area contributed by atoms with Gasteiger partial charge in [0, 0.05) is 22.0 Å². The Morgan fingerprint density at radius 3 is 3.05 bits per heavy atom. The van der Waals surface area contributed by atoms with Gasteiger partial charge >= 0.3 is 0 Å². The minimum absolute atomic E-state index is 0.0115. The number of carbonyl (C=O) groups is 1. The molecular formula is C15H21ClN2OS. The third kappa shape index (κ3) is 4.14. The molecule has 2 rings (SSSR count). The molecule has 0 aromatic heterocycles. The second-order valence-electron chi connectivity index (χ2n) is 5.12. The van der Waals surface area contributed by atoms with Gasteiger partial charge in [0.2, 0.25) is 0 Å². The Labute approximate surface area is 129 Å². The molecule has 1 aliphatic rings. The highest BCUT2D eigenvalue weighted by atomic mass is 35.5. The lowest BCUT2D eigenvalue weighted by molar-refractivity contribution is 0.0922. The maximum absolute atomic E-state index is 12.5. The summed E-state index contributed by atoms with van der Waals surface area (Å²) >= 11 is 7.70. The molecule has 0 bridgehead atoms. The standard InChI is InChI=1S/C15H21ClN2OS/c1-3-20-14-5-4-11(16)9-13(14)15(19)18-12-6-7-17-10(2)8-12/h4-5,9-10,12,17H,3,6-8H2,1-2H3,(H,18,19). The van der Waals surface area contributed by atoms with Crippen molar-refractivity contribution in [2.75, 3.05) is 12.3 Å². The molecule has 1 fully saturated rings. The van der Waals surface area contributed by atoms with Crippen molar-refractivity contribution in [1.82, 2.24) is 10.6 Å². The summed E-state index contributed by atoms with van der Waals surface area (Å²) in [5.41, 5.74) is 0.690. The topological polar surface area (TPSA) is 41.1 Å². The lowest BCUT2D eigenvalue weighted by atomic mass is 10.0. The van der Waals surface area contributed by atoms with Crippen LogP contribution in [0.15, 0.2) is 23.1 Å². The van der Waals surface area contributed by atoms with E-state index in [0.717, 1.165) is 30.0 Å². The second-order valence-corrected chi connectivity index (χ2v) is 6.87.